The summed E-state index contributed by atoms with van der Waals surface area (Å²) in [6.45, 7) is 3.62. The molecular formula is C29H35F5O3. The lowest BCUT2D eigenvalue weighted by Gasteiger charge is -2.44. The smallest absolute Gasteiger partial charge is 0.406 e. The second kappa shape index (κ2) is 12.1. The number of rotatable bonds is 9. The molecule has 0 amide bonds. The van der Waals surface area contributed by atoms with Crippen LogP contribution in [-0.4, -0.2) is 25.4 Å². The Bertz CT molecular complexity index is 980. The van der Waals surface area contributed by atoms with Crippen molar-refractivity contribution in [1.29, 1.82) is 0 Å². The van der Waals surface area contributed by atoms with E-state index < -0.39 is 23.8 Å². The van der Waals surface area contributed by atoms with Crippen LogP contribution in [0, 0.1) is 17.6 Å². The number of halogens is 5. The monoisotopic (exact) mass is 526 g/mol. The highest BCUT2D eigenvalue weighted by Gasteiger charge is 2.41. The third kappa shape index (κ3) is 7.66. The van der Waals surface area contributed by atoms with E-state index in [1.165, 1.54) is 55.7 Å². The van der Waals surface area contributed by atoms with Crippen molar-refractivity contribution in [2.24, 2.45) is 5.92 Å². The van der Waals surface area contributed by atoms with Crippen LogP contribution in [0.25, 0.3) is 0 Å². The van der Waals surface area contributed by atoms with Gasteiger partial charge in [0.1, 0.15) is 17.4 Å². The normalized spacial score (nSPS) is 24.4. The minimum absolute atomic E-state index is 0.0142. The molecule has 37 heavy (non-hydrogen) atoms. The molecule has 0 aromatic heterocycles. The molecule has 2 aromatic rings. The first-order valence-corrected chi connectivity index (χ1v) is 13.3. The molecule has 1 spiro atoms. The van der Waals surface area contributed by atoms with Crippen molar-refractivity contribution in [3.05, 3.63) is 64.7 Å². The summed E-state index contributed by atoms with van der Waals surface area (Å²) in [6.07, 6.45) is 3.26. The van der Waals surface area contributed by atoms with Crippen LogP contribution in [0.4, 0.5) is 22.0 Å². The van der Waals surface area contributed by atoms with Crippen molar-refractivity contribution in [2.45, 2.75) is 89.2 Å². The maximum Gasteiger partial charge on any atom is 0.573 e. The third-order valence-corrected chi connectivity index (χ3v) is 7.58. The average Bonchev–Trinajstić information content (AvgIpc) is 2.85. The molecule has 0 radical (unpaired) electrons. The molecular weight excluding hydrogens is 491 g/mol. The van der Waals surface area contributed by atoms with E-state index in [9.17, 15) is 22.0 Å². The first kappa shape index (κ1) is 27.8. The van der Waals surface area contributed by atoms with Crippen LogP contribution in [0.1, 0.15) is 80.9 Å². The fraction of sp³-hybridized carbons (Fsp3) is 0.586. The van der Waals surface area contributed by atoms with Crippen molar-refractivity contribution in [2.75, 3.05) is 13.2 Å². The molecule has 0 unspecified atom stereocenters. The van der Waals surface area contributed by atoms with Gasteiger partial charge in [-0.05, 0) is 73.4 Å². The molecule has 4 rings (SSSR count). The van der Waals surface area contributed by atoms with Gasteiger partial charge in [-0.3, -0.25) is 0 Å². The lowest BCUT2D eigenvalue weighted by Crippen LogP contribution is -2.46. The van der Waals surface area contributed by atoms with E-state index in [1.54, 1.807) is 0 Å². The van der Waals surface area contributed by atoms with Gasteiger partial charge in [0.05, 0.1) is 13.2 Å². The zero-order valence-electron chi connectivity index (χ0n) is 21.2. The highest BCUT2D eigenvalue weighted by Crippen LogP contribution is 2.43. The molecule has 1 saturated carbocycles. The van der Waals surface area contributed by atoms with Crippen LogP contribution in [0.15, 0.2) is 36.4 Å². The topological polar surface area (TPSA) is 27.7 Å². The van der Waals surface area contributed by atoms with E-state index >= 15 is 0 Å². The maximum atomic E-state index is 14.9. The average molecular weight is 527 g/mol. The SMILES string of the molecule is CCCCCC1COC2(CCC(c3cc(F)c(CCc4ccc(OC(F)(F)F)cc4)c(F)c3)CC2)OC1. The lowest BCUT2D eigenvalue weighted by atomic mass is 9.80. The van der Waals surface area contributed by atoms with Gasteiger partial charge in [0.15, 0.2) is 5.79 Å². The molecule has 0 N–H and O–H groups in total. The number of unbranched alkanes of at least 4 members (excludes halogenated alkanes) is 2. The van der Waals surface area contributed by atoms with Crippen LogP contribution in [0.3, 0.4) is 0 Å². The lowest BCUT2D eigenvalue weighted by molar-refractivity contribution is -0.296. The zero-order chi connectivity index (χ0) is 26.5. The highest BCUT2D eigenvalue weighted by atomic mass is 19.4. The summed E-state index contributed by atoms with van der Waals surface area (Å²) in [5, 5.41) is 0. The third-order valence-electron chi connectivity index (χ3n) is 7.58. The Morgan fingerprint density at radius 1 is 0.919 bits per heavy atom. The summed E-state index contributed by atoms with van der Waals surface area (Å²) in [6, 6.07) is 8.17. The second-order valence-electron chi connectivity index (χ2n) is 10.3. The number of aryl methyl sites for hydroxylation is 1. The summed E-state index contributed by atoms with van der Waals surface area (Å²) >= 11 is 0. The number of ether oxygens (including phenoxy) is 3. The van der Waals surface area contributed by atoms with Crippen molar-refractivity contribution in [3.63, 3.8) is 0 Å². The first-order chi connectivity index (χ1) is 17.7. The quantitative estimate of drug-likeness (QED) is 0.243. The van der Waals surface area contributed by atoms with Gasteiger partial charge in [-0.2, -0.15) is 0 Å². The molecule has 0 atom stereocenters. The minimum Gasteiger partial charge on any atom is -0.406 e. The van der Waals surface area contributed by atoms with Gasteiger partial charge >= 0.3 is 6.36 Å². The van der Waals surface area contributed by atoms with E-state index in [0.29, 0.717) is 49.5 Å². The van der Waals surface area contributed by atoms with E-state index in [4.69, 9.17) is 9.47 Å². The largest absolute Gasteiger partial charge is 0.573 e. The molecule has 1 saturated heterocycles. The van der Waals surface area contributed by atoms with Gasteiger partial charge in [0.25, 0.3) is 0 Å². The summed E-state index contributed by atoms with van der Waals surface area (Å²) in [4.78, 5) is 0. The molecule has 0 bridgehead atoms. The fourth-order valence-electron chi connectivity index (χ4n) is 5.38. The number of alkyl halides is 3. The Morgan fingerprint density at radius 2 is 1.54 bits per heavy atom. The molecule has 8 heteroatoms. The molecule has 1 heterocycles. The van der Waals surface area contributed by atoms with Gasteiger partial charge < -0.3 is 14.2 Å². The summed E-state index contributed by atoms with van der Waals surface area (Å²) in [5.74, 6) is -1.59. The molecule has 204 valence electrons. The number of benzene rings is 2. The predicted molar refractivity (Wildman–Crippen MR) is 130 cm³/mol. The van der Waals surface area contributed by atoms with E-state index in [2.05, 4.69) is 11.7 Å². The molecule has 2 aromatic carbocycles. The van der Waals surface area contributed by atoms with E-state index in [-0.39, 0.29) is 23.7 Å². The summed E-state index contributed by atoms with van der Waals surface area (Å²) in [7, 11) is 0. The highest BCUT2D eigenvalue weighted by molar-refractivity contribution is 5.32. The van der Waals surface area contributed by atoms with Gasteiger partial charge in [-0.1, -0.05) is 38.3 Å². The van der Waals surface area contributed by atoms with Crippen molar-refractivity contribution in [1.82, 2.24) is 0 Å². The molecule has 1 aliphatic heterocycles. The standard InChI is InChI=1S/C29H35F5O3/c1-2-3-4-5-21-18-35-28(36-19-21)14-12-22(13-15-28)23-16-26(30)25(27(31)17-23)11-8-20-6-9-24(10-7-20)37-29(32,33)34/h6-7,9-10,16-17,21-22H,2-5,8,11-15,18-19H2,1H3. The molecule has 3 nitrogen and oxygen atoms in total. The van der Waals surface area contributed by atoms with Gasteiger partial charge in [-0.25, -0.2) is 8.78 Å². The number of hydrogen-bond donors (Lipinski definition) is 0. The Balaban J connectivity index is 1.29. The van der Waals surface area contributed by atoms with Crippen LogP contribution in [-0.2, 0) is 22.3 Å². The zero-order valence-corrected chi connectivity index (χ0v) is 21.2. The molecule has 2 fully saturated rings. The van der Waals surface area contributed by atoms with Crippen LogP contribution in [0.5, 0.6) is 5.75 Å². The van der Waals surface area contributed by atoms with Gasteiger partial charge in [-0.15, -0.1) is 13.2 Å². The Kier molecular flexibility index (Phi) is 9.11. The van der Waals surface area contributed by atoms with Crippen LogP contribution < -0.4 is 4.74 Å². The maximum absolute atomic E-state index is 14.9. The van der Waals surface area contributed by atoms with Gasteiger partial charge in [0.2, 0.25) is 0 Å². The molecule has 1 aliphatic carbocycles. The summed E-state index contributed by atoms with van der Waals surface area (Å²) < 4.78 is 82.9. The second-order valence-corrected chi connectivity index (χ2v) is 10.3. The van der Waals surface area contributed by atoms with E-state index in [1.807, 2.05) is 0 Å². The minimum atomic E-state index is -4.76. The Labute approximate surface area is 215 Å². The van der Waals surface area contributed by atoms with Crippen LogP contribution >= 0.6 is 0 Å². The van der Waals surface area contributed by atoms with E-state index in [0.717, 1.165) is 19.3 Å². The van der Waals surface area contributed by atoms with Crippen molar-refractivity contribution in [3.8, 4) is 5.75 Å². The van der Waals surface area contributed by atoms with Gasteiger partial charge in [0, 0.05) is 24.3 Å². The Hall–Kier alpha value is -2.19. The Morgan fingerprint density at radius 3 is 2.11 bits per heavy atom. The summed E-state index contributed by atoms with van der Waals surface area (Å²) in [5.41, 5.74) is 1.30. The number of hydrogen-bond acceptors (Lipinski definition) is 3. The first-order valence-electron chi connectivity index (χ1n) is 13.3. The fourth-order valence-corrected chi connectivity index (χ4v) is 5.38. The van der Waals surface area contributed by atoms with Crippen LogP contribution in [0.2, 0.25) is 0 Å². The predicted octanol–water partition coefficient (Wildman–Crippen LogP) is 8.25. The van der Waals surface area contributed by atoms with Crippen molar-refractivity contribution < 1.29 is 36.2 Å². The molecule has 2 aliphatic rings. The van der Waals surface area contributed by atoms with Crippen molar-refractivity contribution >= 4 is 0 Å².